The molecule has 0 aromatic carbocycles. The Morgan fingerprint density at radius 3 is 2.59 bits per heavy atom. The van der Waals surface area contributed by atoms with Crippen molar-refractivity contribution in [3.8, 4) is 0 Å². The molecule has 1 fully saturated rings. The van der Waals surface area contributed by atoms with E-state index in [0.29, 0.717) is 0 Å². The monoisotopic (exact) mass is 301 g/mol. The second-order valence-corrected chi connectivity index (χ2v) is 6.15. The predicted octanol–water partition coefficient (Wildman–Crippen LogP) is 3.42. The van der Waals surface area contributed by atoms with Gasteiger partial charge in [-0.1, -0.05) is 12.8 Å². The van der Waals surface area contributed by atoms with Gasteiger partial charge in [0.25, 0.3) is 0 Å². The van der Waals surface area contributed by atoms with Gasteiger partial charge < -0.3 is 10.2 Å². The van der Waals surface area contributed by atoms with E-state index in [-0.39, 0.29) is 12.1 Å². The van der Waals surface area contributed by atoms with E-state index in [1.807, 2.05) is 15.6 Å². The van der Waals surface area contributed by atoms with Crippen LogP contribution in [-0.4, -0.2) is 38.8 Å². The number of likely N-dealkylation sites (tertiary alicyclic amines) is 1. The highest BCUT2D eigenvalue weighted by Crippen LogP contribution is 2.19. The van der Waals surface area contributed by atoms with Gasteiger partial charge >= 0.3 is 6.03 Å². The van der Waals surface area contributed by atoms with E-state index in [0.717, 1.165) is 42.7 Å². The zero-order valence-electron chi connectivity index (χ0n) is 13.2. The number of aromatic nitrogens is 3. The zero-order valence-corrected chi connectivity index (χ0v) is 13.2. The Bertz CT molecular complexity index is 656. The Labute approximate surface area is 130 Å². The SMILES string of the molecule is CC(C)n1ncc2cc(NC(=O)N3CCCCCC3)cnc21. The Hall–Kier alpha value is -2.11. The summed E-state index contributed by atoms with van der Waals surface area (Å²) in [5.74, 6) is 0. The lowest BCUT2D eigenvalue weighted by molar-refractivity contribution is 0.214. The molecule has 3 heterocycles. The topological polar surface area (TPSA) is 63.1 Å². The summed E-state index contributed by atoms with van der Waals surface area (Å²) in [7, 11) is 0. The van der Waals surface area contributed by atoms with Gasteiger partial charge in [-0.15, -0.1) is 0 Å². The quantitative estimate of drug-likeness (QED) is 0.924. The van der Waals surface area contributed by atoms with Crippen molar-refractivity contribution < 1.29 is 4.79 Å². The summed E-state index contributed by atoms with van der Waals surface area (Å²) >= 11 is 0. The minimum Gasteiger partial charge on any atom is -0.325 e. The summed E-state index contributed by atoms with van der Waals surface area (Å²) in [6.07, 6.45) is 8.11. The predicted molar refractivity (Wildman–Crippen MR) is 87.0 cm³/mol. The number of carbonyl (C=O) groups is 1. The van der Waals surface area contributed by atoms with Crippen LogP contribution in [0.3, 0.4) is 0 Å². The van der Waals surface area contributed by atoms with Gasteiger partial charge in [0.2, 0.25) is 0 Å². The number of fused-ring (bicyclic) bond motifs is 1. The summed E-state index contributed by atoms with van der Waals surface area (Å²) in [5.41, 5.74) is 1.58. The number of urea groups is 1. The van der Waals surface area contributed by atoms with Crippen LogP contribution in [0.5, 0.6) is 0 Å². The summed E-state index contributed by atoms with van der Waals surface area (Å²) in [6, 6.07) is 2.17. The van der Waals surface area contributed by atoms with Crippen LogP contribution >= 0.6 is 0 Å². The molecule has 0 bridgehead atoms. The molecule has 1 aliphatic heterocycles. The molecular formula is C16H23N5O. The average Bonchev–Trinajstić information content (AvgIpc) is 2.73. The molecule has 0 spiro atoms. The normalized spacial score (nSPS) is 16.0. The van der Waals surface area contributed by atoms with Crippen LogP contribution in [0, 0.1) is 0 Å². The lowest BCUT2D eigenvalue weighted by Crippen LogP contribution is -2.35. The van der Waals surface area contributed by atoms with Gasteiger partial charge in [-0.3, -0.25) is 0 Å². The lowest BCUT2D eigenvalue weighted by Gasteiger charge is -2.20. The fourth-order valence-electron chi connectivity index (χ4n) is 2.86. The third-order valence-electron chi connectivity index (χ3n) is 4.07. The van der Waals surface area contributed by atoms with Crippen LogP contribution in [0.4, 0.5) is 10.5 Å². The van der Waals surface area contributed by atoms with Crippen LogP contribution < -0.4 is 5.32 Å². The Kier molecular flexibility index (Phi) is 4.27. The van der Waals surface area contributed by atoms with E-state index < -0.39 is 0 Å². The maximum Gasteiger partial charge on any atom is 0.321 e. The fourth-order valence-corrected chi connectivity index (χ4v) is 2.86. The summed E-state index contributed by atoms with van der Waals surface area (Å²) < 4.78 is 1.88. The number of pyridine rings is 1. The number of hydrogen-bond acceptors (Lipinski definition) is 3. The first-order chi connectivity index (χ1) is 10.6. The largest absolute Gasteiger partial charge is 0.325 e. The molecule has 0 radical (unpaired) electrons. The second kappa shape index (κ2) is 6.34. The smallest absolute Gasteiger partial charge is 0.321 e. The first kappa shape index (κ1) is 14.8. The molecule has 2 aromatic rings. The average molecular weight is 301 g/mol. The first-order valence-electron chi connectivity index (χ1n) is 8.04. The second-order valence-electron chi connectivity index (χ2n) is 6.15. The molecule has 6 heteroatoms. The lowest BCUT2D eigenvalue weighted by atomic mass is 10.2. The van der Waals surface area contributed by atoms with Gasteiger partial charge in [0.15, 0.2) is 5.65 Å². The van der Waals surface area contributed by atoms with E-state index in [4.69, 9.17) is 0 Å². The molecule has 6 nitrogen and oxygen atoms in total. The molecule has 3 rings (SSSR count). The van der Waals surface area contributed by atoms with Crippen LogP contribution in [0.2, 0.25) is 0 Å². The Morgan fingerprint density at radius 1 is 1.18 bits per heavy atom. The van der Waals surface area contributed by atoms with Crippen molar-refractivity contribution in [3.63, 3.8) is 0 Å². The molecular weight excluding hydrogens is 278 g/mol. The van der Waals surface area contributed by atoms with Gasteiger partial charge in [0, 0.05) is 24.5 Å². The Morgan fingerprint density at radius 2 is 1.91 bits per heavy atom. The van der Waals surface area contributed by atoms with Gasteiger partial charge in [-0.2, -0.15) is 5.10 Å². The van der Waals surface area contributed by atoms with Crippen LogP contribution in [0.15, 0.2) is 18.5 Å². The standard InChI is InChI=1S/C16H23N5O/c1-12(2)21-15-13(10-18-21)9-14(11-17-15)19-16(22)20-7-5-3-4-6-8-20/h9-12H,3-8H2,1-2H3,(H,19,22). The molecule has 0 aliphatic carbocycles. The van der Waals surface area contributed by atoms with Crippen molar-refractivity contribution in [1.82, 2.24) is 19.7 Å². The molecule has 22 heavy (non-hydrogen) atoms. The molecule has 118 valence electrons. The number of rotatable bonds is 2. The van der Waals surface area contributed by atoms with Crippen molar-refractivity contribution in [2.45, 2.75) is 45.6 Å². The molecule has 2 aromatic heterocycles. The van der Waals surface area contributed by atoms with E-state index >= 15 is 0 Å². The first-order valence-corrected chi connectivity index (χ1v) is 8.04. The highest BCUT2D eigenvalue weighted by Gasteiger charge is 2.16. The van der Waals surface area contributed by atoms with E-state index in [2.05, 4.69) is 29.2 Å². The molecule has 0 saturated carbocycles. The number of carbonyl (C=O) groups excluding carboxylic acids is 1. The third-order valence-corrected chi connectivity index (χ3v) is 4.07. The van der Waals surface area contributed by atoms with Gasteiger partial charge in [-0.25, -0.2) is 14.5 Å². The van der Waals surface area contributed by atoms with E-state index in [9.17, 15) is 4.79 Å². The number of nitrogens with zero attached hydrogens (tertiary/aromatic N) is 4. The van der Waals surface area contributed by atoms with Crippen molar-refractivity contribution in [1.29, 1.82) is 0 Å². The minimum absolute atomic E-state index is 0.0284. The molecule has 1 aliphatic rings. The summed E-state index contributed by atoms with van der Waals surface area (Å²) in [6.45, 7) is 5.83. The molecule has 0 atom stereocenters. The van der Waals surface area contributed by atoms with Crippen LogP contribution in [0.25, 0.3) is 11.0 Å². The number of amides is 2. The van der Waals surface area contributed by atoms with Crippen molar-refractivity contribution >= 4 is 22.8 Å². The summed E-state index contributed by atoms with van der Waals surface area (Å²) in [5, 5.41) is 8.25. The molecule has 1 N–H and O–H groups in total. The maximum atomic E-state index is 12.3. The molecule has 1 saturated heterocycles. The Balaban J connectivity index is 1.74. The van der Waals surface area contributed by atoms with Crippen molar-refractivity contribution in [3.05, 3.63) is 18.5 Å². The molecule has 0 unspecified atom stereocenters. The van der Waals surface area contributed by atoms with Crippen LogP contribution in [-0.2, 0) is 0 Å². The highest BCUT2D eigenvalue weighted by molar-refractivity contribution is 5.91. The third kappa shape index (κ3) is 3.05. The van der Waals surface area contributed by atoms with E-state index in [1.54, 1.807) is 12.4 Å². The fraction of sp³-hybridized carbons (Fsp3) is 0.562. The number of nitrogens with one attached hydrogen (secondary N) is 1. The van der Waals surface area contributed by atoms with Crippen molar-refractivity contribution in [2.24, 2.45) is 0 Å². The molecule has 2 amide bonds. The van der Waals surface area contributed by atoms with Gasteiger partial charge in [-0.05, 0) is 32.8 Å². The minimum atomic E-state index is -0.0284. The maximum absolute atomic E-state index is 12.3. The van der Waals surface area contributed by atoms with Gasteiger partial charge in [0.1, 0.15) is 0 Å². The summed E-state index contributed by atoms with van der Waals surface area (Å²) in [4.78, 5) is 18.7. The number of hydrogen-bond donors (Lipinski definition) is 1. The number of anilines is 1. The highest BCUT2D eigenvalue weighted by atomic mass is 16.2. The van der Waals surface area contributed by atoms with Crippen molar-refractivity contribution in [2.75, 3.05) is 18.4 Å². The van der Waals surface area contributed by atoms with E-state index in [1.165, 1.54) is 12.8 Å². The zero-order chi connectivity index (χ0) is 15.5. The van der Waals surface area contributed by atoms with Gasteiger partial charge in [0.05, 0.1) is 18.1 Å². The van der Waals surface area contributed by atoms with Crippen LogP contribution in [0.1, 0.15) is 45.6 Å².